The molecule has 1 heterocycles. The quantitative estimate of drug-likeness (QED) is 0.658. The first-order valence-corrected chi connectivity index (χ1v) is 8.58. The molecule has 1 fully saturated rings. The molecule has 1 N–H and O–H groups in total. The van der Waals surface area contributed by atoms with Gasteiger partial charge in [-0.25, -0.2) is 0 Å². The molecular formula is C17H36N2O. The predicted octanol–water partition coefficient (Wildman–Crippen LogP) is 3.15. The predicted molar refractivity (Wildman–Crippen MR) is 87.2 cm³/mol. The molecule has 20 heavy (non-hydrogen) atoms. The average Bonchev–Trinajstić information content (AvgIpc) is 2.36. The first-order chi connectivity index (χ1) is 9.52. The van der Waals surface area contributed by atoms with Crippen LogP contribution >= 0.6 is 0 Å². The average molecular weight is 284 g/mol. The number of piperazine rings is 1. The van der Waals surface area contributed by atoms with Crippen molar-refractivity contribution in [1.82, 2.24) is 10.2 Å². The van der Waals surface area contributed by atoms with E-state index in [2.05, 4.69) is 44.8 Å². The van der Waals surface area contributed by atoms with Gasteiger partial charge in [0.15, 0.2) is 0 Å². The lowest BCUT2D eigenvalue weighted by Gasteiger charge is -2.41. The van der Waals surface area contributed by atoms with Crippen LogP contribution in [0.3, 0.4) is 0 Å². The van der Waals surface area contributed by atoms with Gasteiger partial charge in [0.05, 0.1) is 6.61 Å². The largest absolute Gasteiger partial charge is 0.380 e. The Balaban J connectivity index is 2.44. The molecule has 0 saturated carbocycles. The summed E-state index contributed by atoms with van der Waals surface area (Å²) < 4.78 is 5.69. The van der Waals surface area contributed by atoms with Crippen molar-refractivity contribution >= 4 is 0 Å². The standard InChI is InChI=1S/C17H36N2O/c1-6-8-20-9-7-19-13-16(10-14(2)3)18-12-17(19)11-15(4)5/h14-18H,6-13H2,1-5H3. The van der Waals surface area contributed by atoms with Gasteiger partial charge < -0.3 is 10.1 Å². The number of ether oxygens (including phenoxy) is 1. The van der Waals surface area contributed by atoms with E-state index in [4.69, 9.17) is 4.74 Å². The van der Waals surface area contributed by atoms with Crippen LogP contribution in [0.2, 0.25) is 0 Å². The molecule has 1 saturated heterocycles. The topological polar surface area (TPSA) is 24.5 Å². The Bertz CT molecular complexity index is 243. The molecule has 2 atom stereocenters. The molecule has 3 heteroatoms. The number of hydrogen-bond donors (Lipinski definition) is 1. The lowest BCUT2D eigenvalue weighted by atomic mass is 9.96. The molecule has 1 rings (SSSR count). The zero-order valence-corrected chi connectivity index (χ0v) is 14.3. The van der Waals surface area contributed by atoms with Crippen molar-refractivity contribution in [3.05, 3.63) is 0 Å². The summed E-state index contributed by atoms with van der Waals surface area (Å²) in [6, 6.07) is 1.34. The first kappa shape index (κ1) is 17.9. The van der Waals surface area contributed by atoms with E-state index in [1.807, 2.05) is 0 Å². The molecule has 1 aliphatic rings. The SMILES string of the molecule is CCCOCCN1CC(CC(C)C)NCC1CC(C)C. The van der Waals surface area contributed by atoms with E-state index in [1.54, 1.807) is 0 Å². The highest BCUT2D eigenvalue weighted by Gasteiger charge is 2.28. The summed E-state index contributed by atoms with van der Waals surface area (Å²) in [6.07, 6.45) is 3.68. The van der Waals surface area contributed by atoms with Crippen LogP contribution in [-0.4, -0.2) is 49.8 Å². The van der Waals surface area contributed by atoms with Gasteiger partial charge in [0.25, 0.3) is 0 Å². The van der Waals surface area contributed by atoms with Crippen molar-refractivity contribution in [3.8, 4) is 0 Å². The summed E-state index contributed by atoms with van der Waals surface area (Å²) >= 11 is 0. The van der Waals surface area contributed by atoms with E-state index < -0.39 is 0 Å². The van der Waals surface area contributed by atoms with Crippen LogP contribution in [-0.2, 0) is 4.74 Å². The molecule has 0 aromatic rings. The van der Waals surface area contributed by atoms with Gasteiger partial charge in [-0.1, -0.05) is 34.6 Å². The lowest BCUT2D eigenvalue weighted by molar-refractivity contribution is 0.0559. The highest BCUT2D eigenvalue weighted by Crippen LogP contribution is 2.18. The number of rotatable bonds is 9. The zero-order valence-electron chi connectivity index (χ0n) is 14.3. The number of hydrogen-bond acceptors (Lipinski definition) is 3. The van der Waals surface area contributed by atoms with Crippen LogP contribution < -0.4 is 5.32 Å². The fourth-order valence-corrected chi connectivity index (χ4v) is 3.13. The third-order valence-electron chi connectivity index (χ3n) is 3.98. The van der Waals surface area contributed by atoms with E-state index in [0.717, 1.165) is 44.6 Å². The minimum atomic E-state index is 0.657. The van der Waals surface area contributed by atoms with Crippen molar-refractivity contribution in [1.29, 1.82) is 0 Å². The molecule has 2 unspecified atom stereocenters. The molecule has 3 nitrogen and oxygen atoms in total. The van der Waals surface area contributed by atoms with Crippen LogP contribution in [0.5, 0.6) is 0 Å². The maximum Gasteiger partial charge on any atom is 0.0593 e. The molecule has 120 valence electrons. The van der Waals surface area contributed by atoms with E-state index >= 15 is 0 Å². The molecule has 0 radical (unpaired) electrons. The Labute approximate surface area is 126 Å². The van der Waals surface area contributed by atoms with Crippen LogP contribution in [0.15, 0.2) is 0 Å². The second kappa shape index (κ2) is 9.75. The second-order valence-corrected chi connectivity index (χ2v) is 7.13. The summed E-state index contributed by atoms with van der Waals surface area (Å²) in [7, 11) is 0. The van der Waals surface area contributed by atoms with Crippen LogP contribution in [0, 0.1) is 11.8 Å². The number of nitrogens with zero attached hydrogens (tertiary/aromatic N) is 1. The summed E-state index contributed by atoms with van der Waals surface area (Å²) in [5.74, 6) is 1.54. The van der Waals surface area contributed by atoms with Crippen molar-refractivity contribution in [2.75, 3.05) is 32.8 Å². The second-order valence-electron chi connectivity index (χ2n) is 7.13. The molecule has 0 aromatic heterocycles. The van der Waals surface area contributed by atoms with Crippen molar-refractivity contribution < 1.29 is 4.74 Å². The van der Waals surface area contributed by atoms with Crippen molar-refractivity contribution in [2.24, 2.45) is 11.8 Å². The lowest BCUT2D eigenvalue weighted by Crippen LogP contribution is -2.57. The van der Waals surface area contributed by atoms with Gasteiger partial charge in [0.1, 0.15) is 0 Å². The Kier molecular flexibility index (Phi) is 8.74. The minimum Gasteiger partial charge on any atom is -0.380 e. The fraction of sp³-hybridized carbons (Fsp3) is 1.00. The third kappa shape index (κ3) is 7.05. The molecule has 1 aliphatic heterocycles. The molecule has 0 spiro atoms. The van der Waals surface area contributed by atoms with Crippen molar-refractivity contribution in [3.63, 3.8) is 0 Å². The minimum absolute atomic E-state index is 0.657. The Morgan fingerprint density at radius 3 is 2.40 bits per heavy atom. The first-order valence-electron chi connectivity index (χ1n) is 8.58. The normalized spacial score (nSPS) is 24.8. The van der Waals surface area contributed by atoms with Gasteiger partial charge >= 0.3 is 0 Å². The molecule has 0 aromatic carbocycles. The summed E-state index contributed by atoms with van der Waals surface area (Å²) in [5.41, 5.74) is 0. The van der Waals surface area contributed by atoms with E-state index in [1.165, 1.54) is 19.4 Å². The molecule has 0 bridgehead atoms. The van der Waals surface area contributed by atoms with Gasteiger partial charge in [-0.2, -0.15) is 0 Å². The summed E-state index contributed by atoms with van der Waals surface area (Å²) in [5, 5.41) is 3.75. The highest BCUT2D eigenvalue weighted by molar-refractivity contribution is 4.87. The van der Waals surface area contributed by atoms with Crippen molar-refractivity contribution in [2.45, 2.75) is 66.0 Å². The Hall–Kier alpha value is -0.120. The van der Waals surface area contributed by atoms with Gasteiger partial charge in [0, 0.05) is 38.3 Å². The van der Waals surface area contributed by atoms with Gasteiger partial charge in [-0.15, -0.1) is 0 Å². The van der Waals surface area contributed by atoms with Gasteiger partial charge in [-0.05, 0) is 31.1 Å². The Morgan fingerprint density at radius 1 is 1.10 bits per heavy atom. The fourth-order valence-electron chi connectivity index (χ4n) is 3.13. The van der Waals surface area contributed by atoms with Crippen LogP contribution in [0.25, 0.3) is 0 Å². The molecular weight excluding hydrogens is 248 g/mol. The van der Waals surface area contributed by atoms with E-state index in [9.17, 15) is 0 Å². The zero-order chi connectivity index (χ0) is 15.0. The maximum atomic E-state index is 5.69. The molecule has 0 amide bonds. The van der Waals surface area contributed by atoms with Crippen LogP contribution in [0.4, 0.5) is 0 Å². The van der Waals surface area contributed by atoms with Crippen LogP contribution in [0.1, 0.15) is 53.9 Å². The summed E-state index contributed by atoms with van der Waals surface area (Å²) in [4.78, 5) is 2.67. The smallest absolute Gasteiger partial charge is 0.0593 e. The Morgan fingerprint density at radius 2 is 1.80 bits per heavy atom. The molecule has 0 aliphatic carbocycles. The number of nitrogens with one attached hydrogen (secondary N) is 1. The van der Waals surface area contributed by atoms with Gasteiger partial charge in [0.2, 0.25) is 0 Å². The summed E-state index contributed by atoms with van der Waals surface area (Å²) in [6.45, 7) is 16.7. The van der Waals surface area contributed by atoms with E-state index in [0.29, 0.717) is 12.1 Å². The highest BCUT2D eigenvalue weighted by atomic mass is 16.5. The van der Waals surface area contributed by atoms with Gasteiger partial charge in [-0.3, -0.25) is 4.90 Å². The monoisotopic (exact) mass is 284 g/mol. The maximum absolute atomic E-state index is 5.69. The third-order valence-corrected chi connectivity index (χ3v) is 3.98. The van der Waals surface area contributed by atoms with E-state index in [-0.39, 0.29) is 0 Å².